The second-order valence-corrected chi connectivity index (χ2v) is 5.18. The van der Waals surface area contributed by atoms with Crippen molar-refractivity contribution in [1.29, 1.82) is 0 Å². The molecule has 1 heterocycles. The predicted octanol–water partition coefficient (Wildman–Crippen LogP) is 2.92. The molecule has 1 aromatic heterocycles. The maximum absolute atomic E-state index is 5.22. The van der Waals surface area contributed by atoms with Crippen molar-refractivity contribution in [2.24, 2.45) is 0 Å². The summed E-state index contributed by atoms with van der Waals surface area (Å²) in [7, 11) is 1.75. The maximum atomic E-state index is 5.22. The Balaban J connectivity index is 2.50. The van der Waals surface area contributed by atoms with Gasteiger partial charge in [0.1, 0.15) is 0 Å². The number of ether oxygens (including phenoxy) is 1. The number of aryl methyl sites for hydroxylation is 1. The zero-order chi connectivity index (χ0) is 12.0. The molecule has 92 valence electrons. The highest BCUT2D eigenvalue weighted by Gasteiger charge is 2.14. The Morgan fingerprint density at radius 3 is 2.81 bits per heavy atom. The summed E-state index contributed by atoms with van der Waals surface area (Å²) < 4.78 is 5.22. The first kappa shape index (κ1) is 13.6. The van der Waals surface area contributed by atoms with Crippen LogP contribution in [-0.2, 0) is 4.74 Å². The maximum Gasteiger partial charge on any atom is 0.0898 e. The van der Waals surface area contributed by atoms with E-state index in [0.717, 1.165) is 23.7 Å². The highest BCUT2D eigenvalue weighted by molar-refractivity contribution is 7.09. The van der Waals surface area contributed by atoms with Crippen molar-refractivity contribution in [3.05, 3.63) is 16.1 Å². The van der Waals surface area contributed by atoms with E-state index in [1.54, 1.807) is 18.4 Å². The zero-order valence-corrected chi connectivity index (χ0v) is 11.4. The second-order valence-electron chi connectivity index (χ2n) is 4.12. The number of thiazole rings is 1. The largest absolute Gasteiger partial charge is 0.383 e. The van der Waals surface area contributed by atoms with Gasteiger partial charge in [-0.3, -0.25) is 0 Å². The summed E-state index contributed by atoms with van der Waals surface area (Å²) in [5.74, 6) is 0. The fourth-order valence-electron chi connectivity index (χ4n) is 1.78. The Labute approximate surface area is 102 Å². The first-order valence-corrected chi connectivity index (χ1v) is 6.72. The topological polar surface area (TPSA) is 34.1 Å². The average Bonchev–Trinajstić information content (AvgIpc) is 2.65. The van der Waals surface area contributed by atoms with Crippen LogP contribution in [0.3, 0.4) is 0 Å². The lowest BCUT2D eigenvalue weighted by Crippen LogP contribution is -2.35. The minimum absolute atomic E-state index is 0.302. The third-order valence-electron chi connectivity index (χ3n) is 2.57. The van der Waals surface area contributed by atoms with Gasteiger partial charge in [0.25, 0.3) is 0 Å². The first-order valence-electron chi connectivity index (χ1n) is 5.84. The van der Waals surface area contributed by atoms with Gasteiger partial charge in [-0.25, -0.2) is 4.98 Å². The van der Waals surface area contributed by atoms with Crippen LogP contribution in [0.15, 0.2) is 5.38 Å². The molecule has 0 saturated carbocycles. The Morgan fingerprint density at radius 2 is 2.31 bits per heavy atom. The fourth-order valence-corrected chi connectivity index (χ4v) is 2.49. The molecule has 0 aliphatic carbocycles. The summed E-state index contributed by atoms with van der Waals surface area (Å²) in [6, 6.07) is 0.726. The molecule has 0 radical (unpaired) electrons. The molecule has 1 rings (SSSR count). The molecule has 0 aliphatic rings. The van der Waals surface area contributed by atoms with Gasteiger partial charge >= 0.3 is 0 Å². The number of nitrogens with one attached hydrogen (secondary N) is 1. The average molecular weight is 242 g/mol. The van der Waals surface area contributed by atoms with Gasteiger partial charge in [0.05, 0.1) is 17.3 Å². The van der Waals surface area contributed by atoms with Crippen LogP contribution in [0.4, 0.5) is 0 Å². The van der Waals surface area contributed by atoms with Gasteiger partial charge in [-0.15, -0.1) is 11.3 Å². The van der Waals surface area contributed by atoms with Crippen molar-refractivity contribution in [2.75, 3.05) is 13.7 Å². The van der Waals surface area contributed by atoms with Crippen LogP contribution in [0, 0.1) is 6.92 Å². The van der Waals surface area contributed by atoms with Crippen LogP contribution in [-0.4, -0.2) is 24.7 Å². The van der Waals surface area contributed by atoms with Crippen molar-refractivity contribution < 1.29 is 4.74 Å². The van der Waals surface area contributed by atoms with Gasteiger partial charge < -0.3 is 10.1 Å². The van der Waals surface area contributed by atoms with E-state index in [0.29, 0.717) is 12.1 Å². The molecule has 0 amide bonds. The van der Waals surface area contributed by atoms with Gasteiger partial charge in [-0.05, 0) is 20.3 Å². The lowest BCUT2D eigenvalue weighted by Gasteiger charge is -2.21. The molecule has 16 heavy (non-hydrogen) atoms. The van der Waals surface area contributed by atoms with Gasteiger partial charge in [0, 0.05) is 24.6 Å². The Kier molecular flexibility index (Phi) is 5.95. The molecule has 4 heteroatoms. The zero-order valence-electron chi connectivity index (χ0n) is 10.6. The van der Waals surface area contributed by atoms with Gasteiger partial charge in [-0.1, -0.05) is 13.3 Å². The highest BCUT2D eigenvalue weighted by Crippen LogP contribution is 2.16. The van der Waals surface area contributed by atoms with E-state index in [1.807, 2.05) is 6.92 Å². The van der Waals surface area contributed by atoms with Crippen molar-refractivity contribution in [3.63, 3.8) is 0 Å². The molecule has 1 aromatic rings. The van der Waals surface area contributed by atoms with Gasteiger partial charge in [0.2, 0.25) is 0 Å². The summed E-state index contributed by atoms with van der Waals surface area (Å²) in [5.41, 5.74) is 1.14. The smallest absolute Gasteiger partial charge is 0.0898 e. The molecule has 3 nitrogen and oxygen atoms in total. The molecule has 0 aromatic carbocycles. The normalized spacial score (nSPS) is 15.0. The Morgan fingerprint density at radius 1 is 1.56 bits per heavy atom. The standard InChI is InChI=1S/C12H22N2OS/c1-5-6-11(7-15-4)13-9(2)12-8-16-10(3)14-12/h8-9,11,13H,5-7H2,1-4H3. The number of rotatable bonds is 7. The molecule has 0 aliphatic heterocycles. The third-order valence-corrected chi connectivity index (χ3v) is 3.36. The summed E-state index contributed by atoms with van der Waals surface area (Å²) >= 11 is 1.70. The number of nitrogens with zero attached hydrogens (tertiary/aromatic N) is 1. The fraction of sp³-hybridized carbons (Fsp3) is 0.750. The lowest BCUT2D eigenvalue weighted by molar-refractivity contribution is 0.157. The van der Waals surface area contributed by atoms with Crippen LogP contribution in [0.25, 0.3) is 0 Å². The molecular weight excluding hydrogens is 220 g/mol. The number of methoxy groups -OCH3 is 1. The molecule has 0 bridgehead atoms. The molecule has 1 N–H and O–H groups in total. The monoisotopic (exact) mass is 242 g/mol. The van der Waals surface area contributed by atoms with Crippen molar-refractivity contribution in [2.45, 2.75) is 45.7 Å². The summed E-state index contributed by atoms with van der Waals surface area (Å²) in [6.07, 6.45) is 2.31. The lowest BCUT2D eigenvalue weighted by atomic mass is 10.1. The van der Waals surface area contributed by atoms with E-state index in [1.165, 1.54) is 6.42 Å². The highest BCUT2D eigenvalue weighted by atomic mass is 32.1. The number of hydrogen-bond acceptors (Lipinski definition) is 4. The van der Waals surface area contributed by atoms with Gasteiger partial charge in [0.15, 0.2) is 0 Å². The van der Waals surface area contributed by atoms with E-state index >= 15 is 0 Å². The molecular formula is C12H22N2OS. The SMILES string of the molecule is CCCC(COC)NC(C)c1csc(C)n1. The molecule has 0 spiro atoms. The molecule has 2 atom stereocenters. The number of hydrogen-bond donors (Lipinski definition) is 1. The Hall–Kier alpha value is -0.450. The summed E-state index contributed by atoms with van der Waals surface area (Å²) in [5, 5.41) is 6.82. The van der Waals surface area contributed by atoms with Crippen LogP contribution < -0.4 is 5.32 Å². The summed E-state index contributed by atoms with van der Waals surface area (Å²) in [6.45, 7) is 7.16. The van der Waals surface area contributed by atoms with E-state index in [2.05, 4.69) is 29.5 Å². The minimum atomic E-state index is 0.302. The second kappa shape index (κ2) is 6.99. The van der Waals surface area contributed by atoms with E-state index < -0.39 is 0 Å². The Bertz CT molecular complexity index is 295. The molecule has 0 saturated heterocycles. The molecule has 2 unspecified atom stereocenters. The van der Waals surface area contributed by atoms with Crippen LogP contribution in [0.1, 0.15) is 43.4 Å². The molecule has 0 fully saturated rings. The van der Waals surface area contributed by atoms with Gasteiger partial charge in [-0.2, -0.15) is 0 Å². The van der Waals surface area contributed by atoms with E-state index in [4.69, 9.17) is 4.74 Å². The van der Waals surface area contributed by atoms with Crippen LogP contribution >= 0.6 is 11.3 Å². The van der Waals surface area contributed by atoms with Crippen molar-refractivity contribution in [1.82, 2.24) is 10.3 Å². The number of aromatic nitrogens is 1. The first-order chi connectivity index (χ1) is 7.67. The third kappa shape index (κ3) is 4.20. The van der Waals surface area contributed by atoms with Crippen LogP contribution in [0.5, 0.6) is 0 Å². The minimum Gasteiger partial charge on any atom is -0.383 e. The van der Waals surface area contributed by atoms with Crippen molar-refractivity contribution >= 4 is 11.3 Å². The summed E-state index contributed by atoms with van der Waals surface area (Å²) in [4.78, 5) is 4.50. The predicted molar refractivity (Wildman–Crippen MR) is 69.0 cm³/mol. The van der Waals surface area contributed by atoms with E-state index in [9.17, 15) is 0 Å². The van der Waals surface area contributed by atoms with E-state index in [-0.39, 0.29) is 0 Å². The van der Waals surface area contributed by atoms with Crippen LogP contribution in [0.2, 0.25) is 0 Å². The van der Waals surface area contributed by atoms with Crippen molar-refractivity contribution in [3.8, 4) is 0 Å². The quantitative estimate of drug-likeness (QED) is 0.798.